The highest BCUT2D eigenvalue weighted by Crippen LogP contribution is 2.34. The molecule has 5 rings (SSSR count). The Labute approximate surface area is 223 Å². The van der Waals surface area contributed by atoms with Crippen LogP contribution in [0.5, 0.6) is 0 Å². The molecule has 9 nitrogen and oxygen atoms in total. The lowest BCUT2D eigenvalue weighted by atomic mass is 10.1. The Morgan fingerprint density at radius 1 is 0.816 bits per heavy atom. The van der Waals surface area contributed by atoms with Crippen molar-refractivity contribution in [3.05, 3.63) is 59.2 Å². The van der Waals surface area contributed by atoms with Crippen LogP contribution in [-0.4, -0.2) is 79.9 Å². The first-order valence-corrected chi connectivity index (χ1v) is 13.5. The summed E-state index contributed by atoms with van der Waals surface area (Å²) in [6, 6.07) is 14.4. The quantitative estimate of drug-likeness (QED) is 0.635. The average molecular weight is 515 g/mol. The lowest BCUT2D eigenvalue weighted by molar-refractivity contribution is -0.117. The molecule has 38 heavy (non-hydrogen) atoms. The minimum Gasteiger partial charge on any atom is -0.368 e. The van der Waals surface area contributed by atoms with Crippen molar-refractivity contribution in [2.24, 2.45) is 5.92 Å². The van der Waals surface area contributed by atoms with Gasteiger partial charge in [-0.2, -0.15) is 5.26 Å². The Morgan fingerprint density at radius 3 is 2.29 bits per heavy atom. The molecule has 2 N–H and O–H groups in total. The summed E-state index contributed by atoms with van der Waals surface area (Å²) in [5, 5.41) is 15.5. The molecular formula is C29H34N6O3. The molecule has 198 valence electrons. The van der Waals surface area contributed by atoms with Gasteiger partial charge in [-0.1, -0.05) is 0 Å². The van der Waals surface area contributed by atoms with Crippen LogP contribution in [0, 0.1) is 17.2 Å². The summed E-state index contributed by atoms with van der Waals surface area (Å²) < 4.78 is 0. The highest BCUT2D eigenvalue weighted by atomic mass is 16.2. The molecule has 1 aliphatic carbocycles. The van der Waals surface area contributed by atoms with E-state index in [9.17, 15) is 14.4 Å². The maximum atomic E-state index is 13.3. The van der Waals surface area contributed by atoms with Gasteiger partial charge in [0.2, 0.25) is 5.91 Å². The van der Waals surface area contributed by atoms with Crippen molar-refractivity contribution in [1.82, 2.24) is 15.1 Å². The van der Waals surface area contributed by atoms with Gasteiger partial charge in [0.25, 0.3) is 11.8 Å². The summed E-state index contributed by atoms with van der Waals surface area (Å²) in [5.74, 6) is -0.0190. The van der Waals surface area contributed by atoms with Crippen molar-refractivity contribution < 1.29 is 14.4 Å². The third-order valence-electron chi connectivity index (χ3n) is 7.46. The third kappa shape index (κ3) is 5.97. The van der Waals surface area contributed by atoms with Crippen LogP contribution in [0.1, 0.15) is 52.0 Å². The molecule has 0 aromatic heterocycles. The molecule has 1 saturated carbocycles. The zero-order valence-electron chi connectivity index (χ0n) is 21.6. The SMILES string of the molecule is N#Cc1ccc(C(=O)N2CCCN(c3ccc(C(=O)N4CCCNCC4)cc3NC(=O)C3CC3)CC2)cc1. The van der Waals surface area contributed by atoms with E-state index in [1.807, 2.05) is 28.0 Å². The second-order valence-electron chi connectivity index (χ2n) is 10.2. The Morgan fingerprint density at radius 2 is 1.53 bits per heavy atom. The molecule has 2 aromatic carbocycles. The maximum Gasteiger partial charge on any atom is 0.253 e. The predicted molar refractivity (Wildman–Crippen MR) is 145 cm³/mol. The maximum absolute atomic E-state index is 13.3. The summed E-state index contributed by atoms with van der Waals surface area (Å²) in [4.78, 5) is 45.0. The summed E-state index contributed by atoms with van der Waals surface area (Å²) >= 11 is 0. The largest absolute Gasteiger partial charge is 0.368 e. The van der Waals surface area contributed by atoms with E-state index in [0.717, 1.165) is 51.0 Å². The van der Waals surface area contributed by atoms with Crippen LogP contribution < -0.4 is 15.5 Å². The van der Waals surface area contributed by atoms with E-state index >= 15 is 0 Å². The molecule has 0 atom stereocenters. The van der Waals surface area contributed by atoms with Gasteiger partial charge in [-0.15, -0.1) is 0 Å². The van der Waals surface area contributed by atoms with Gasteiger partial charge in [-0.05, 0) is 74.7 Å². The van der Waals surface area contributed by atoms with Crippen LogP contribution in [0.4, 0.5) is 11.4 Å². The lowest BCUT2D eigenvalue weighted by Gasteiger charge is -2.27. The fourth-order valence-electron chi connectivity index (χ4n) is 5.09. The van der Waals surface area contributed by atoms with Gasteiger partial charge in [-0.25, -0.2) is 0 Å². The number of rotatable bonds is 5. The highest BCUT2D eigenvalue weighted by Gasteiger charge is 2.31. The standard InChI is InChI=1S/C29H34N6O3/c30-20-21-3-5-23(6-4-21)28(37)35-15-2-14-33(17-18-35)26-10-9-24(19-25(26)32-27(36)22-7-8-22)29(38)34-13-1-11-31-12-16-34/h3-6,9-10,19,22,31H,1-2,7-8,11-18H2,(H,32,36). The molecule has 2 saturated heterocycles. The van der Waals surface area contributed by atoms with Gasteiger partial charge in [0.05, 0.1) is 23.0 Å². The number of hydrogen-bond acceptors (Lipinski definition) is 6. The summed E-state index contributed by atoms with van der Waals surface area (Å²) in [6.45, 7) is 5.57. The topological polar surface area (TPSA) is 109 Å². The first-order chi connectivity index (χ1) is 18.5. The zero-order chi connectivity index (χ0) is 26.5. The van der Waals surface area contributed by atoms with Crippen LogP contribution in [0.3, 0.4) is 0 Å². The van der Waals surface area contributed by atoms with Gasteiger partial charge in [0.15, 0.2) is 0 Å². The smallest absolute Gasteiger partial charge is 0.253 e. The van der Waals surface area contributed by atoms with Crippen molar-refractivity contribution in [1.29, 1.82) is 5.26 Å². The second-order valence-corrected chi connectivity index (χ2v) is 10.2. The number of benzene rings is 2. The molecule has 2 heterocycles. The van der Waals surface area contributed by atoms with Gasteiger partial charge >= 0.3 is 0 Å². The van der Waals surface area contributed by atoms with Crippen LogP contribution >= 0.6 is 0 Å². The Kier molecular flexibility index (Phi) is 7.89. The number of nitrogens with zero attached hydrogens (tertiary/aromatic N) is 4. The Bertz CT molecular complexity index is 1230. The van der Waals surface area contributed by atoms with Gasteiger partial charge in [0.1, 0.15) is 0 Å². The van der Waals surface area contributed by atoms with E-state index in [1.165, 1.54) is 0 Å². The molecule has 9 heteroatoms. The molecule has 0 unspecified atom stereocenters. The van der Waals surface area contributed by atoms with E-state index in [2.05, 4.69) is 21.6 Å². The van der Waals surface area contributed by atoms with Gasteiger partial charge in [-0.3, -0.25) is 14.4 Å². The molecule has 2 aromatic rings. The summed E-state index contributed by atoms with van der Waals surface area (Å²) in [5.41, 5.74) is 3.21. The first kappa shape index (κ1) is 25.7. The van der Waals surface area contributed by atoms with Crippen molar-refractivity contribution in [3.8, 4) is 6.07 Å². The molecule has 0 bridgehead atoms. The van der Waals surface area contributed by atoms with Crippen LogP contribution in [0.25, 0.3) is 0 Å². The number of nitriles is 1. The number of nitrogens with one attached hydrogen (secondary N) is 2. The Balaban J connectivity index is 1.33. The average Bonchev–Trinajstić information content (AvgIpc) is 3.81. The van der Waals surface area contributed by atoms with Crippen molar-refractivity contribution in [2.45, 2.75) is 25.7 Å². The second kappa shape index (κ2) is 11.7. The van der Waals surface area contributed by atoms with Crippen molar-refractivity contribution >= 4 is 29.1 Å². The van der Waals surface area contributed by atoms with Crippen LogP contribution in [0.2, 0.25) is 0 Å². The van der Waals surface area contributed by atoms with Gasteiger partial charge < -0.3 is 25.3 Å². The minimum absolute atomic E-state index is 0.00210. The first-order valence-electron chi connectivity index (χ1n) is 13.5. The van der Waals surface area contributed by atoms with E-state index in [4.69, 9.17) is 5.26 Å². The fraction of sp³-hybridized carbons (Fsp3) is 0.448. The molecule has 0 radical (unpaired) electrons. The van der Waals surface area contributed by atoms with E-state index in [1.54, 1.807) is 24.3 Å². The van der Waals surface area contributed by atoms with E-state index in [0.29, 0.717) is 55.1 Å². The van der Waals surface area contributed by atoms with Crippen molar-refractivity contribution in [3.63, 3.8) is 0 Å². The highest BCUT2D eigenvalue weighted by molar-refractivity contribution is 6.01. The molecule has 0 spiro atoms. The van der Waals surface area contributed by atoms with Gasteiger partial charge in [0, 0.05) is 62.9 Å². The number of anilines is 2. The van der Waals surface area contributed by atoms with Crippen LogP contribution in [0.15, 0.2) is 42.5 Å². The van der Waals surface area contributed by atoms with E-state index < -0.39 is 0 Å². The molecule has 3 amide bonds. The fourth-order valence-corrected chi connectivity index (χ4v) is 5.09. The van der Waals surface area contributed by atoms with E-state index in [-0.39, 0.29) is 23.6 Å². The summed E-state index contributed by atoms with van der Waals surface area (Å²) in [7, 11) is 0. The van der Waals surface area contributed by atoms with Crippen molar-refractivity contribution in [2.75, 3.05) is 62.6 Å². The predicted octanol–water partition coefficient (Wildman–Crippen LogP) is 2.69. The molecule has 3 fully saturated rings. The number of carbonyl (C=O) groups is 3. The lowest BCUT2D eigenvalue weighted by Crippen LogP contribution is -2.35. The molecule has 2 aliphatic heterocycles. The summed E-state index contributed by atoms with van der Waals surface area (Å²) in [6.07, 6.45) is 3.49. The zero-order valence-corrected chi connectivity index (χ0v) is 21.6. The van der Waals surface area contributed by atoms with Crippen LogP contribution in [-0.2, 0) is 4.79 Å². The molecule has 3 aliphatic rings. The third-order valence-corrected chi connectivity index (χ3v) is 7.46. The number of amides is 3. The minimum atomic E-state index is -0.0496. The Hall–Kier alpha value is -3.90. The number of hydrogen-bond donors (Lipinski definition) is 2. The molecular weight excluding hydrogens is 480 g/mol. The monoisotopic (exact) mass is 514 g/mol. The number of carbonyl (C=O) groups excluding carboxylic acids is 3. The normalized spacial score (nSPS) is 18.2.